The molecule has 144 valence electrons. The lowest BCUT2D eigenvalue weighted by Gasteiger charge is -2.34. The summed E-state index contributed by atoms with van der Waals surface area (Å²) in [5.74, 6) is -0.380. The number of piperidine rings is 1. The van der Waals surface area contributed by atoms with Gasteiger partial charge >= 0.3 is 5.69 Å². The van der Waals surface area contributed by atoms with E-state index >= 15 is 0 Å². The van der Waals surface area contributed by atoms with Crippen LogP contribution in [0.3, 0.4) is 0 Å². The molecule has 2 heterocycles. The van der Waals surface area contributed by atoms with Crippen LogP contribution in [-0.2, 0) is 18.9 Å². The van der Waals surface area contributed by atoms with Gasteiger partial charge in [0.15, 0.2) is 0 Å². The highest BCUT2D eigenvalue weighted by Crippen LogP contribution is 2.23. The lowest BCUT2D eigenvalue weighted by molar-refractivity contribution is -0.120. The maximum absolute atomic E-state index is 13.7. The number of nitrogens with zero attached hydrogens (tertiary/aromatic N) is 3. The minimum atomic E-state index is -0.404. The van der Waals surface area contributed by atoms with E-state index in [1.807, 2.05) is 4.90 Å². The molecular formula is C19H23FN4O3. The van der Waals surface area contributed by atoms with E-state index in [9.17, 15) is 18.8 Å². The van der Waals surface area contributed by atoms with E-state index in [2.05, 4.69) is 5.32 Å². The largest absolute Gasteiger partial charge is 0.357 e. The monoisotopic (exact) mass is 374 g/mol. The molecule has 7 nitrogen and oxygen atoms in total. The maximum atomic E-state index is 13.7. The SMILES string of the molecule is Cc1ccc(NC(=O)[C@H]2CCCN(c3cc(=O)n(C)c(=O)n3C)C2)cc1F. The van der Waals surface area contributed by atoms with Crippen molar-refractivity contribution in [3.63, 3.8) is 0 Å². The molecule has 1 aromatic carbocycles. The van der Waals surface area contributed by atoms with Crippen LogP contribution in [0, 0.1) is 18.7 Å². The van der Waals surface area contributed by atoms with Crippen molar-refractivity contribution >= 4 is 17.4 Å². The fourth-order valence-electron chi connectivity index (χ4n) is 3.34. The molecule has 0 unspecified atom stereocenters. The fourth-order valence-corrected chi connectivity index (χ4v) is 3.34. The van der Waals surface area contributed by atoms with Crippen LogP contribution in [0.15, 0.2) is 33.9 Å². The number of aryl methyl sites for hydroxylation is 1. The Kier molecular flexibility index (Phi) is 5.16. The van der Waals surface area contributed by atoms with Gasteiger partial charge in [-0.15, -0.1) is 0 Å². The van der Waals surface area contributed by atoms with Crippen molar-refractivity contribution in [2.75, 3.05) is 23.3 Å². The van der Waals surface area contributed by atoms with Crippen LogP contribution in [0.1, 0.15) is 18.4 Å². The van der Waals surface area contributed by atoms with Gasteiger partial charge in [-0.2, -0.15) is 0 Å². The third kappa shape index (κ3) is 3.79. The molecule has 0 saturated carbocycles. The van der Waals surface area contributed by atoms with Crippen molar-refractivity contribution < 1.29 is 9.18 Å². The number of carbonyl (C=O) groups excluding carboxylic acids is 1. The first-order valence-electron chi connectivity index (χ1n) is 8.87. The highest BCUT2D eigenvalue weighted by Gasteiger charge is 2.27. The Morgan fingerprint density at radius 2 is 1.93 bits per heavy atom. The van der Waals surface area contributed by atoms with Gasteiger partial charge in [-0.3, -0.25) is 18.7 Å². The van der Waals surface area contributed by atoms with Gasteiger partial charge in [0.25, 0.3) is 5.56 Å². The van der Waals surface area contributed by atoms with Gasteiger partial charge < -0.3 is 10.2 Å². The van der Waals surface area contributed by atoms with Gasteiger partial charge in [0.1, 0.15) is 11.6 Å². The molecule has 1 fully saturated rings. The van der Waals surface area contributed by atoms with Crippen LogP contribution in [0.4, 0.5) is 15.9 Å². The maximum Gasteiger partial charge on any atom is 0.332 e. The molecule has 1 amide bonds. The Hall–Kier alpha value is -2.90. The third-order valence-corrected chi connectivity index (χ3v) is 5.06. The van der Waals surface area contributed by atoms with Crippen molar-refractivity contribution in [3.8, 4) is 0 Å². The molecule has 0 bridgehead atoms. The van der Waals surface area contributed by atoms with Crippen LogP contribution in [0.2, 0.25) is 0 Å². The Labute approximate surface area is 156 Å². The number of anilines is 2. The molecule has 1 aliphatic rings. The quantitative estimate of drug-likeness (QED) is 0.881. The number of rotatable bonds is 3. The molecule has 0 aliphatic carbocycles. The molecule has 1 atom stereocenters. The Morgan fingerprint density at radius 1 is 1.19 bits per heavy atom. The van der Waals surface area contributed by atoms with E-state index in [-0.39, 0.29) is 23.2 Å². The summed E-state index contributed by atoms with van der Waals surface area (Å²) >= 11 is 0. The van der Waals surface area contributed by atoms with Crippen molar-refractivity contribution in [1.29, 1.82) is 0 Å². The molecule has 3 rings (SSSR count). The highest BCUT2D eigenvalue weighted by molar-refractivity contribution is 5.93. The molecule has 8 heteroatoms. The van der Waals surface area contributed by atoms with E-state index in [1.165, 1.54) is 23.7 Å². The lowest BCUT2D eigenvalue weighted by atomic mass is 9.97. The van der Waals surface area contributed by atoms with Crippen LogP contribution in [-0.4, -0.2) is 28.1 Å². The number of hydrogen-bond donors (Lipinski definition) is 1. The van der Waals surface area contributed by atoms with E-state index in [1.54, 1.807) is 26.1 Å². The standard InChI is InChI=1S/C19H23FN4O3/c1-12-6-7-14(9-15(12)20)21-18(26)13-5-4-8-24(11-13)16-10-17(25)23(3)19(27)22(16)2/h6-7,9-10,13H,4-5,8,11H2,1-3H3,(H,21,26)/t13-/m0/s1. The molecule has 1 aromatic heterocycles. The van der Waals surface area contributed by atoms with Crippen molar-refractivity contribution in [1.82, 2.24) is 9.13 Å². The second-order valence-corrected chi connectivity index (χ2v) is 6.98. The van der Waals surface area contributed by atoms with E-state index < -0.39 is 5.69 Å². The van der Waals surface area contributed by atoms with Crippen molar-refractivity contribution in [2.45, 2.75) is 19.8 Å². The van der Waals surface area contributed by atoms with Crippen molar-refractivity contribution in [2.24, 2.45) is 20.0 Å². The molecule has 0 radical (unpaired) electrons. The molecular weight excluding hydrogens is 351 g/mol. The Bertz CT molecular complexity index is 995. The van der Waals surface area contributed by atoms with Crippen LogP contribution in [0.5, 0.6) is 0 Å². The Balaban J connectivity index is 1.78. The minimum Gasteiger partial charge on any atom is -0.357 e. The lowest BCUT2D eigenvalue weighted by Crippen LogP contribution is -2.45. The van der Waals surface area contributed by atoms with Gasteiger partial charge in [0.05, 0.1) is 5.92 Å². The fraction of sp³-hybridized carbons (Fsp3) is 0.421. The third-order valence-electron chi connectivity index (χ3n) is 5.06. The normalized spacial score (nSPS) is 17.0. The summed E-state index contributed by atoms with van der Waals surface area (Å²) in [5, 5.41) is 2.76. The first kappa shape index (κ1) is 18.9. The zero-order chi connectivity index (χ0) is 19.7. The summed E-state index contributed by atoms with van der Waals surface area (Å²) in [6.07, 6.45) is 1.44. The van der Waals surface area contributed by atoms with Gasteiger partial charge in [-0.1, -0.05) is 6.07 Å². The molecule has 27 heavy (non-hydrogen) atoms. The smallest absolute Gasteiger partial charge is 0.332 e. The van der Waals surface area contributed by atoms with Gasteiger partial charge in [0.2, 0.25) is 5.91 Å². The number of halogens is 1. The Morgan fingerprint density at radius 3 is 2.63 bits per heavy atom. The first-order chi connectivity index (χ1) is 12.8. The van der Waals surface area contributed by atoms with Gasteiger partial charge in [-0.25, -0.2) is 9.18 Å². The van der Waals surface area contributed by atoms with E-state index in [0.717, 1.165) is 11.0 Å². The summed E-state index contributed by atoms with van der Waals surface area (Å²) in [5.41, 5.74) is 0.152. The van der Waals surface area contributed by atoms with Crippen LogP contribution < -0.4 is 21.5 Å². The van der Waals surface area contributed by atoms with Gasteiger partial charge in [-0.05, 0) is 37.5 Å². The van der Waals surface area contributed by atoms with E-state index in [0.29, 0.717) is 36.6 Å². The van der Waals surface area contributed by atoms with Gasteiger partial charge in [0, 0.05) is 38.9 Å². The molecule has 2 aromatic rings. The average molecular weight is 374 g/mol. The number of benzene rings is 1. The van der Waals surface area contributed by atoms with Crippen molar-refractivity contribution in [3.05, 3.63) is 56.5 Å². The molecule has 1 aliphatic heterocycles. The number of aromatic nitrogens is 2. The van der Waals surface area contributed by atoms with Crippen LogP contribution in [0.25, 0.3) is 0 Å². The zero-order valence-electron chi connectivity index (χ0n) is 15.7. The second kappa shape index (κ2) is 7.38. The molecule has 1 N–H and O–H groups in total. The summed E-state index contributed by atoms with van der Waals surface area (Å²) < 4.78 is 16.1. The number of hydrogen-bond acceptors (Lipinski definition) is 4. The summed E-state index contributed by atoms with van der Waals surface area (Å²) in [7, 11) is 3.04. The number of carbonyl (C=O) groups is 1. The molecule has 1 saturated heterocycles. The second-order valence-electron chi connectivity index (χ2n) is 6.98. The summed E-state index contributed by atoms with van der Waals surface area (Å²) in [4.78, 5) is 38.6. The first-order valence-corrected chi connectivity index (χ1v) is 8.87. The summed E-state index contributed by atoms with van der Waals surface area (Å²) in [6, 6.07) is 6.00. The number of amides is 1. The van der Waals surface area contributed by atoms with Crippen LogP contribution >= 0.6 is 0 Å². The molecule has 0 spiro atoms. The topological polar surface area (TPSA) is 76.3 Å². The summed E-state index contributed by atoms with van der Waals surface area (Å²) in [6.45, 7) is 2.71. The number of nitrogens with one attached hydrogen (secondary N) is 1. The predicted octanol–water partition coefficient (Wildman–Crippen LogP) is 1.39. The minimum absolute atomic E-state index is 0.197. The average Bonchev–Trinajstić information content (AvgIpc) is 2.66. The predicted molar refractivity (Wildman–Crippen MR) is 102 cm³/mol. The van der Waals surface area contributed by atoms with E-state index in [4.69, 9.17) is 0 Å². The zero-order valence-corrected chi connectivity index (χ0v) is 15.7. The highest BCUT2D eigenvalue weighted by atomic mass is 19.1.